The number of carboxylic acids is 1. The van der Waals surface area contributed by atoms with Crippen molar-refractivity contribution in [1.29, 1.82) is 0 Å². The number of halogens is 1. The van der Waals surface area contributed by atoms with Gasteiger partial charge in [0.2, 0.25) is 0 Å². The third-order valence-corrected chi connectivity index (χ3v) is 1.35. The smallest absolute Gasteiger partial charge is 0.317 e. The van der Waals surface area contributed by atoms with Gasteiger partial charge in [0, 0.05) is 13.1 Å². The first-order valence-electron chi connectivity index (χ1n) is 3.81. The summed E-state index contributed by atoms with van der Waals surface area (Å²) in [6, 6.07) is 0. The van der Waals surface area contributed by atoms with Crippen molar-refractivity contribution in [1.82, 2.24) is 4.90 Å². The van der Waals surface area contributed by atoms with E-state index in [9.17, 15) is 9.18 Å². The number of alkyl halides is 1. The molecule has 0 aromatic carbocycles. The minimum absolute atomic E-state index is 0.0496. The van der Waals surface area contributed by atoms with Crippen LogP contribution in [0.3, 0.4) is 0 Å². The molecule has 0 aromatic heterocycles. The number of carbonyl (C=O) groups is 1. The molecule has 0 bridgehead atoms. The predicted octanol–water partition coefficient (Wildman–Crippen LogP) is 0.919. The summed E-state index contributed by atoms with van der Waals surface area (Å²) in [6.45, 7) is 3.99. The van der Waals surface area contributed by atoms with Crippen LogP contribution in [0.15, 0.2) is 12.7 Å². The van der Waals surface area contributed by atoms with E-state index in [1.54, 1.807) is 11.0 Å². The standard InChI is InChI=1S/C8H14FNO2/c1-2-5-10(6-3-4-9)7-8(11)12/h2H,1,3-7H2,(H,11,12). The molecule has 0 heterocycles. The van der Waals surface area contributed by atoms with Gasteiger partial charge in [-0.2, -0.15) is 0 Å². The number of nitrogens with zero attached hydrogens (tertiary/aromatic N) is 1. The molecule has 12 heavy (non-hydrogen) atoms. The van der Waals surface area contributed by atoms with Gasteiger partial charge in [-0.3, -0.25) is 14.1 Å². The number of hydrogen-bond acceptors (Lipinski definition) is 2. The van der Waals surface area contributed by atoms with Crippen LogP contribution in [-0.2, 0) is 4.79 Å². The van der Waals surface area contributed by atoms with Crippen LogP contribution in [0.4, 0.5) is 4.39 Å². The maximum atomic E-state index is 11.7. The minimum atomic E-state index is -0.893. The van der Waals surface area contributed by atoms with Crippen LogP contribution < -0.4 is 0 Å². The monoisotopic (exact) mass is 175 g/mol. The summed E-state index contributed by atoms with van der Waals surface area (Å²) in [5.74, 6) is -0.893. The molecule has 0 saturated heterocycles. The molecule has 1 N–H and O–H groups in total. The molecule has 0 radical (unpaired) electrons. The lowest BCUT2D eigenvalue weighted by Crippen LogP contribution is -2.31. The van der Waals surface area contributed by atoms with Crippen LogP contribution in [0.2, 0.25) is 0 Å². The van der Waals surface area contributed by atoms with Crippen molar-refractivity contribution in [2.45, 2.75) is 6.42 Å². The van der Waals surface area contributed by atoms with Crippen molar-refractivity contribution in [3.63, 3.8) is 0 Å². The van der Waals surface area contributed by atoms with E-state index in [0.29, 0.717) is 19.5 Å². The number of aliphatic carboxylic acids is 1. The Morgan fingerprint density at radius 2 is 2.33 bits per heavy atom. The second-order valence-electron chi connectivity index (χ2n) is 2.46. The van der Waals surface area contributed by atoms with Gasteiger partial charge in [-0.15, -0.1) is 6.58 Å². The molecule has 0 amide bonds. The molecule has 0 aliphatic carbocycles. The molecule has 0 aliphatic heterocycles. The van der Waals surface area contributed by atoms with E-state index in [2.05, 4.69) is 6.58 Å². The molecule has 0 rings (SSSR count). The summed E-state index contributed by atoms with van der Waals surface area (Å²) in [5.41, 5.74) is 0. The summed E-state index contributed by atoms with van der Waals surface area (Å²) >= 11 is 0. The molecular weight excluding hydrogens is 161 g/mol. The van der Waals surface area contributed by atoms with Gasteiger partial charge in [0.1, 0.15) is 0 Å². The van der Waals surface area contributed by atoms with E-state index >= 15 is 0 Å². The highest BCUT2D eigenvalue weighted by molar-refractivity contribution is 5.69. The Bertz CT molecular complexity index is 150. The second-order valence-corrected chi connectivity index (χ2v) is 2.46. The average molecular weight is 175 g/mol. The zero-order valence-corrected chi connectivity index (χ0v) is 7.00. The summed E-state index contributed by atoms with van der Waals surface area (Å²) in [6.07, 6.45) is 1.99. The zero-order chi connectivity index (χ0) is 9.40. The molecule has 0 saturated carbocycles. The Morgan fingerprint density at radius 1 is 1.67 bits per heavy atom. The Kier molecular flexibility index (Phi) is 6.28. The third-order valence-electron chi connectivity index (χ3n) is 1.35. The van der Waals surface area contributed by atoms with Gasteiger partial charge in [-0.1, -0.05) is 6.08 Å². The summed E-state index contributed by atoms with van der Waals surface area (Å²) < 4.78 is 11.7. The van der Waals surface area contributed by atoms with Gasteiger partial charge in [0.25, 0.3) is 0 Å². The van der Waals surface area contributed by atoms with Gasteiger partial charge >= 0.3 is 5.97 Å². The lowest BCUT2D eigenvalue weighted by molar-refractivity contribution is -0.138. The zero-order valence-electron chi connectivity index (χ0n) is 7.00. The number of rotatable bonds is 7. The quantitative estimate of drug-likeness (QED) is 0.585. The number of carboxylic acid groups (broad SMARTS) is 1. The van der Waals surface area contributed by atoms with Gasteiger partial charge in [0.15, 0.2) is 0 Å². The van der Waals surface area contributed by atoms with Crippen LogP contribution in [0.25, 0.3) is 0 Å². The van der Waals surface area contributed by atoms with E-state index < -0.39 is 12.6 Å². The minimum Gasteiger partial charge on any atom is -0.480 e. The Balaban J connectivity index is 3.68. The largest absolute Gasteiger partial charge is 0.480 e. The molecule has 0 aliphatic rings. The highest BCUT2D eigenvalue weighted by atomic mass is 19.1. The maximum Gasteiger partial charge on any atom is 0.317 e. The lowest BCUT2D eigenvalue weighted by Gasteiger charge is -2.16. The van der Waals surface area contributed by atoms with E-state index in [1.165, 1.54) is 0 Å². The van der Waals surface area contributed by atoms with Crippen molar-refractivity contribution in [2.24, 2.45) is 0 Å². The topological polar surface area (TPSA) is 40.5 Å². The fourth-order valence-corrected chi connectivity index (χ4v) is 0.892. The van der Waals surface area contributed by atoms with Crippen molar-refractivity contribution in [2.75, 3.05) is 26.3 Å². The average Bonchev–Trinajstić information content (AvgIpc) is 2.00. The lowest BCUT2D eigenvalue weighted by atomic mass is 10.4. The SMILES string of the molecule is C=CCN(CCCF)CC(=O)O. The van der Waals surface area contributed by atoms with Gasteiger partial charge in [-0.25, -0.2) is 0 Å². The van der Waals surface area contributed by atoms with Crippen LogP contribution in [0.1, 0.15) is 6.42 Å². The molecule has 0 fully saturated rings. The van der Waals surface area contributed by atoms with Crippen molar-refractivity contribution in [3.05, 3.63) is 12.7 Å². The summed E-state index contributed by atoms with van der Waals surface area (Å²) in [5, 5.41) is 8.44. The molecule has 0 unspecified atom stereocenters. The molecule has 3 nitrogen and oxygen atoms in total. The molecule has 4 heteroatoms. The van der Waals surface area contributed by atoms with Gasteiger partial charge in [-0.05, 0) is 6.42 Å². The van der Waals surface area contributed by atoms with Crippen LogP contribution >= 0.6 is 0 Å². The molecular formula is C8H14FNO2. The number of hydrogen-bond donors (Lipinski definition) is 1. The van der Waals surface area contributed by atoms with E-state index in [1.807, 2.05) is 0 Å². The highest BCUT2D eigenvalue weighted by Gasteiger charge is 2.06. The van der Waals surface area contributed by atoms with Crippen LogP contribution in [-0.4, -0.2) is 42.3 Å². The van der Waals surface area contributed by atoms with E-state index in [0.717, 1.165) is 0 Å². The first kappa shape index (κ1) is 11.1. The third kappa shape index (κ3) is 5.85. The normalized spacial score (nSPS) is 10.2. The van der Waals surface area contributed by atoms with Crippen molar-refractivity contribution < 1.29 is 14.3 Å². The van der Waals surface area contributed by atoms with Crippen LogP contribution in [0, 0.1) is 0 Å². The molecule has 0 atom stereocenters. The fraction of sp³-hybridized carbons (Fsp3) is 0.625. The predicted molar refractivity (Wildman–Crippen MR) is 44.9 cm³/mol. The maximum absolute atomic E-state index is 11.7. The Morgan fingerprint density at radius 3 is 2.75 bits per heavy atom. The van der Waals surface area contributed by atoms with Crippen molar-refractivity contribution >= 4 is 5.97 Å². The fourth-order valence-electron chi connectivity index (χ4n) is 0.892. The first-order valence-corrected chi connectivity index (χ1v) is 3.81. The Labute approximate surface area is 71.5 Å². The second kappa shape index (κ2) is 6.79. The van der Waals surface area contributed by atoms with E-state index in [4.69, 9.17) is 5.11 Å². The van der Waals surface area contributed by atoms with E-state index in [-0.39, 0.29) is 6.54 Å². The van der Waals surface area contributed by atoms with Gasteiger partial charge in [0.05, 0.1) is 13.2 Å². The van der Waals surface area contributed by atoms with Crippen LogP contribution in [0.5, 0.6) is 0 Å². The molecule has 0 spiro atoms. The van der Waals surface area contributed by atoms with Crippen molar-refractivity contribution in [3.8, 4) is 0 Å². The molecule has 70 valence electrons. The highest BCUT2D eigenvalue weighted by Crippen LogP contribution is 1.92. The molecule has 0 aromatic rings. The first-order chi connectivity index (χ1) is 5.70. The summed E-state index contributed by atoms with van der Waals surface area (Å²) in [7, 11) is 0. The van der Waals surface area contributed by atoms with Gasteiger partial charge < -0.3 is 5.11 Å². The summed E-state index contributed by atoms with van der Waals surface area (Å²) in [4.78, 5) is 11.9. The Hall–Kier alpha value is -0.900.